The van der Waals surface area contributed by atoms with Crippen LogP contribution in [-0.4, -0.2) is 20.2 Å². The van der Waals surface area contributed by atoms with Crippen LogP contribution in [-0.2, 0) is 12.7 Å². The molecule has 0 spiro atoms. The fraction of sp³-hybridized carbons (Fsp3) is 0.200. The minimum absolute atomic E-state index is 0.0208. The fourth-order valence-corrected chi connectivity index (χ4v) is 1.33. The molecule has 98 valence electrons. The zero-order valence-corrected chi connectivity index (χ0v) is 9.36. The van der Waals surface area contributed by atoms with Gasteiger partial charge >= 0.3 is 6.18 Å². The number of H-pyrrole nitrogens is 1. The zero-order chi connectivity index (χ0) is 13.9. The van der Waals surface area contributed by atoms with Crippen LogP contribution in [0.15, 0.2) is 18.5 Å². The molecular formula is C10H7F3N6. The van der Waals surface area contributed by atoms with Crippen molar-refractivity contribution in [3.8, 4) is 6.07 Å². The molecule has 2 heterocycles. The summed E-state index contributed by atoms with van der Waals surface area (Å²) in [5.41, 5.74) is -1.04. The number of hydrogen-bond donors (Lipinski definition) is 2. The van der Waals surface area contributed by atoms with Crippen LogP contribution < -0.4 is 5.32 Å². The summed E-state index contributed by atoms with van der Waals surface area (Å²) in [5, 5.41) is 17.6. The summed E-state index contributed by atoms with van der Waals surface area (Å²) >= 11 is 0. The van der Waals surface area contributed by atoms with E-state index in [0.29, 0.717) is 5.82 Å². The summed E-state index contributed by atoms with van der Waals surface area (Å²) in [5.74, 6) is 0.275. The molecule has 9 heteroatoms. The minimum Gasteiger partial charge on any atom is -0.362 e. The molecule has 2 N–H and O–H groups in total. The number of nitrogens with one attached hydrogen (secondary N) is 2. The van der Waals surface area contributed by atoms with Gasteiger partial charge in [-0.25, -0.2) is 9.97 Å². The van der Waals surface area contributed by atoms with Crippen LogP contribution >= 0.6 is 0 Å². The molecule has 19 heavy (non-hydrogen) atoms. The molecule has 0 aliphatic heterocycles. The molecule has 0 aliphatic carbocycles. The number of aromatic amines is 1. The summed E-state index contributed by atoms with van der Waals surface area (Å²) < 4.78 is 37.5. The van der Waals surface area contributed by atoms with Crippen LogP contribution in [0.1, 0.15) is 17.1 Å². The van der Waals surface area contributed by atoms with Gasteiger partial charge in [-0.05, 0) is 12.1 Å². The standard InChI is InChI=1S/C10H7F3N6/c11-10(12,13)7-2-1-6(3-14)9(18-7)15-4-8-16-5-17-19-8/h1-2,5H,4H2,(H,15,18)(H,16,17,19). The molecule has 0 saturated heterocycles. The van der Waals surface area contributed by atoms with Crippen molar-refractivity contribution in [3.63, 3.8) is 0 Å². The Morgan fingerprint density at radius 2 is 2.16 bits per heavy atom. The van der Waals surface area contributed by atoms with Crippen molar-refractivity contribution in [2.24, 2.45) is 0 Å². The number of nitrogens with zero attached hydrogens (tertiary/aromatic N) is 4. The number of anilines is 1. The lowest BCUT2D eigenvalue weighted by molar-refractivity contribution is -0.141. The van der Waals surface area contributed by atoms with Crippen molar-refractivity contribution in [3.05, 3.63) is 35.5 Å². The predicted molar refractivity (Wildman–Crippen MR) is 57.7 cm³/mol. The second-order valence-corrected chi connectivity index (χ2v) is 3.49. The second kappa shape index (κ2) is 4.93. The van der Waals surface area contributed by atoms with Gasteiger partial charge in [0.1, 0.15) is 29.7 Å². The number of pyridine rings is 1. The molecule has 0 unspecified atom stereocenters. The van der Waals surface area contributed by atoms with E-state index in [2.05, 4.69) is 25.5 Å². The Morgan fingerprint density at radius 1 is 1.37 bits per heavy atom. The first-order valence-electron chi connectivity index (χ1n) is 5.07. The molecule has 6 nitrogen and oxygen atoms in total. The highest BCUT2D eigenvalue weighted by atomic mass is 19.4. The maximum atomic E-state index is 12.5. The summed E-state index contributed by atoms with van der Waals surface area (Å²) in [7, 11) is 0. The number of alkyl halides is 3. The Morgan fingerprint density at radius 3 is 2.74 bits per heavy atom. The summed E-state index contributed by atoms with van der Waals surface area (Å²) in [6.07, 6.45) is -3.29. The molecule has 2 aromatic rings. The van der Waals surface area contributed by atoms with Gasteiger partial charge < -0.3 is 5.32 Å². The van der Waals surface area contributed by atoms with Gasteiger partial charge in [-0.15, -0.1) is 0 Å². The summed E-state index contributed by atoms with van der Waals surface area (Å²) in [4.78, 5) is 7.19. The SMILES string of the molecule is N#Cc1ccc(C(F)(F)F)nc1NCc1ncn[nH]1. The Bertz CT molecular complexity index is 599. The number of aromatic nitrogens is 4. The number of rotatable bonds is 3. The molecule has 0 aromatic carbocycles. The van der Waals surface area contributed by atoms with Crippen molar-refractivity contribution in [2.45, 2.75) is 12.7 Å². The van der Waals surface area contributed by atoms with E-state index in [0.717, 1.165) is 12.1 Å². The molecule has 2 rings (SSSR count). The molecular weight excluding hydrogens is 261 g/mol. The Hall–Kier alpha value is -2.63. The first-order valence-corrected chi connectivity index (χ1v) is 5.07. The smallest absolute Gasteiger partial charge is 0.362 e. The van der Waals surface area contributed by atoms with Crippen LogP contribution in [0.3, 0.4) is 0 Å². The number of hydrogen-bond acceptors (Lipinski definition) is 5. The van der Waals surface area contributed by atoms with E-state index in [1.165, 1.54) is 6.33 Å². The topological polar surface area (TPSA) is 90.3 Å². The highest BCUT2D eigenvalue weighted by Crippen LogP contribution is 2.29. The normalized spacial score (nSPS) is 11.1. The third-order valence-electron chi connectivity index (χ3n) is 2.19. The van der Waals surface area contributed by atoms with Crippen LogP contribution in [0, 0.1) is 11.3 Å². The molecule has 0 amide bonds. The quantitative estimate of drug-likeness (QED) is 0.884. The number of halogens is 3. The highest BCUT2D eigenvalue weighted by Gasteiger charge is 2.33. The molecule has 0 fully saturated rings. The van der Waals surface area contributed by atoms with Gasteiger partial charge in [0.25, 0.3) is 0 Å². The maximum Gasteiger partial charge on any atom is 0.433 e. The van der Waals surface area contributed by atoms with Crippen LogP contribution in [0.5, 0.6) is 0 Å². The van der Waals surface area contributed by atoms with Gasteiger partial charge in [-0.3, -0.25) is 5.10 Å². The third kappa shape index (κ3) is 2.98. The van der Waals surface area contributed by atoms with Crippen molar-refractivity contribution in [1.29, 1.82) is 5.26 Å². The molecule has 0 radical (unpaired) electrons. The van der Waals surface area contributed by atoms with E-state index in [1.807, 2.05) is 0 Å². The first kappa shape index (κ1) is 12.8. The first-order chi connectivity index (χ1) is 9.00. The van der Waals surface area contributed by atoms with Crippen LogP contribution in [0.25, 0.3) is 0 Å². The Balaban J connectivity index is 2.24. The number of nitriles is 1. The Kier molecular flexibility index (Phi) is 3.33. The highest BCUT2D eigenvalue weighted by molar-refractivity contribution is 5.52. The molecule has 2 aromatic heterocycles. The minimum atomic E-state index is -4.56. The van der Waals surface area contributed by atoms with Crippen molar-refractivity contribution in [1.82, 2.24) is 20.2 Å². The summed E-state index contributed by atoms with van der Waals surface area (Å²) in [6.45, 7) is 0.0863. The average Bonchev–Trinajstić information content (AvgIpc) is 2.88. The van der Waals surface area contributed by atoms with E-state index < -0.39 is 11.9 Å². The lowest BCUT2D eigenvalue weighted by Gasteiger charge is -2.10. The fourth-order valence-electron chi connectivity index (χ4n) is 1.33. The van der Waals surface area contributed by atoms with Crippen molar-refractivity contribution in [2.75, 3.05) is 5.32 Å². The van der Waals surface area contributed by atoms with Crippen molar-refractivity contribution >= 4 is 5.82 Å². The van der Waals surface area contributed by atoms with Gasteiger partial charge in [0.2, 0.25) is 0 Å². The van der Waals surface area contributed by atoms with Crippen molar-refractivity contribution < 1.29 is 13.2 Å². The van der Waals surface area contributed by atoms with Crippen LogP contribution in [0.2, 0.25) is 0 Å². The molecule has 0 aliphatic rings. The predicted octanol–water partition coefficient (Wildman–Crippen LogP) is 1.70. The molecule has 0 atom stereocenters. The van der Waals surface area contributed by atoms with Gasteiger partial charge in [0.05, 0.1) is 12.1 Å². The monoisotopic (exact) mass is 268 g/mol. The van der Waals surface area contributed by atoms with E-state index in [-0.39, 0.29) is 17.9 Å². The van der Waals surface area contributed by atoms with Gasteiger partial charge in [-0.1, -0.05) is 0 Å². The maximum absolute atomic E-state index is 12.5. The zero-order valence-electron chi connectivity index (χ0n) is 9.36. The largest absolute Gasteiger partial charge is 0.433 e. The van der Waals surface area contributed by atoms with Gasteiger partial charge in [0, 0.05) is 0 Å². The van der Waals surface area contributed by atoms with Gasteiger partial charge in [-0.2, -0.15) is 23.5 Å². The van der Waals surface area contributed by atoms with Gasteiger partial charge in [0.15, 0.2) is 0 Å². The molecule has 0 bridgehead atoms. The second-order valence-electron chi connectivity index (χ2n) is 3.49. The van der Waals surface area contributed by atoms with E-state index >= 15 is 0 Å². The van der Waals surface area contributed by atoms with Crippen LogP contribution in [0.4, 0.5) is 19.0 Å². The lowest BCUT2D eigenvalue weighted by Crippen LogP contribution is -2.12. The van der Waals surface area contributed by atoms with E-state index in [1.54, 1.807) is 6.07 Å². The lowest BCUT2D eigenvalue weighted by atomic mass is 10.2. The van der Waals surface area contributed by atoms with E-state index in [9.17, 15) is 13.2 Å². The van der Waals surface area contributed by atoms with E-state index in [4.69, 9.17) is 5.26 Å². The Labute approximate surface area is 105 Å². The average molecular weight is 268 g/mol. The molecule has 0 saturated carbocycles. The summed E-state index contributed by atoms with van der Waals surface area (Å²) in [6, 6.07) is 3.60. The third-order valence-corrected chi connectivity index (χ3v) is 2.19.